The monoisotopic (exact) mass is 390 g/mol. The molecule has 6 heteroatoms. The maximum Gasteiger partial charge on any atom is 0.329 e. The van der Waals surface area contributed by atoms with Gasteiger partial charge in [0.25, 0.3) is 0 Å². The first-order valence-electron chi connectivity index (χ1n) is 10.0. The van der Waals surface area contributed by atoms with Gasteiger partial charge in [-0.15, -0.1) is 0 Å². The Morgan fingerprint density at radius 2 is 1.64 bits per heavy atom. The first kappa shape index (κ1) is 23.7. The molecule has 0 spiro atoms. The van der Waals surface area contributed by atoms with E-state index >= 15 is 0 Å². The fraction of sp³-hybridized carbons (Fsp3) is 0.591. The molecule has 2 amide bonds. The van der Waals surface area contributed by atoms with Gasteiger partial charge in [0.2, 0.25) is 11.8 Å². The molecule has 0 aromatic heterocycles. The average molecular weight is 391 g/mol. The molecule has 1 aromatic rings. The van der Waals surface area contributed by atoms with Crippen molar-refractivity contribution in [2.24, 2.45) is 11.8 Å². The summed E-state index contributed by atoms with van der Waals surface area (Å²) in [6.07, 6.45) is 1.59. The Hall–Kier alpha value is -2.37. The Labute approximate surface area is 168 Å². The van der Waals surface area contributed by atoms with Crippen molar-refractivity contribution >= 4 is 17.8 Å². The number of amides is 2. The van der Waals surface area contributed by atoms with E-state index in [0.717, 1.165) is 5.56 Å². The van der Waals surface area contributed by atoms with Crippen LogP contribution in [-0.4, -0.2) is 29.9 Å². The Bertz CT molecular complexity index is 629. The average Bonchev–Trinajstić information content (AvgIpc) is 2.63. The number of benzene rings is 1. The Morgan fingerprint density at radius 1 is 1.00 bits per heavy atom. The quantitative estimate of drug-likeness (QED) is 0.568. The standard InChI is InChI=1S/C22H34N2O4/c1-6-10-19(25)23-18(13-15(2)3)21(26)24-20(16(4)5)22(27)28-14-17-11-8-7-9-12-17/h7-9,11-12,15-16,18,20H,6,10,13-14H2,1-5H3,(H,23,25)(H,24,26)/t18-,20+/m1/s1. The van der Waals surface area contributed by atoms with Crippen molar-refractivity contribution in [1.82, 2.24) is 10.6 Å². The minimum Gasteiger partial charge on any atom is -0.459 e. The second-order valence-corrected chi connectivity index (χ2v) is 7.82. The number of carbonyl (C=O) groups is 3. The lowest BCUT2D eigenvalue weighted by Crippen LogP contribution is -2.53. The minimum atomic E-state index is -0.769. The van der Waals surface area contributed by atoms with E-state index in [1.165, 1.54) is 0 Å². The fourth-order valence-corrected chi connectivity index (χ4v) is 2.77. The van der Waals surface area contributed by atoms with Crippen LogP contribution in [0.2, 0.25) is 0 Å². The third-order valence-electron chi connectivity index (χ3n) is 4.28. The maximum atomic E-state index is 12.8. The van der Waals surface area contributed by atoms with E-state index in [9.17, 15) is 14.4 Å². The second kappa shape index (κ2) is 12.2. The van der Waals surface area contributed by atoms with Gasteiger partial charge in [-0.25, -0.2) is 4.79 Å². The summed E-state index contributed by atoms with van der Waals surface area (Å²) in [4.78, 5) is 37.3. The molecule has 156 valence electrons. The summed E-state index contributed by atoms with van der Waals surface area (Å²) in [5.41, 5.74) is 0.884. The number of hydrogen-bond donors (Lipinski definition) is 2. The highest BCUT2D eigenvalue weighted by Gasteiger charge is 2.30. The zero-order chi connectivity index (χ0) is 21.1. The van der Waals surface area contributed by atoms with Crippen LogP contribution in [0.4, 0.5) is 0 Å². The molecule has 28 heavy (non-hydrogen) atoms. The molecule has 2 N–H and O–H groups in total. The summed E-state index contributed by atoms with van der Waals surface area (Å²) in [6, 6.07) is 7.96. The highest BCUT2D eigenvalue weighted by Crippen LogP contribution is 2.10. The SMILES string of the molecule is CCCC(=O)N[C@H](CC(C)C)C(=O)N[C@H](C(=O)OCc1ccccc1)C(C)C. The summed E-state index contributed by atoms with van der Waals surface area (Å²) in [5, 5.41) is 5.56. The number of ether oxygens (including phenoxy) is 1. The number of esters is 1. The normalized spacial score (nSPS) is 13.1. The lowest BCUT2D eigenvalue weighted by molar-refractivity contribution is -0.150. The number of nitrogens with one attached hydrogen (secondary N) is 2. The zero-order valence-corrected chi connectivity index (χ0v) is 17.7. The van der Waals surface area contributed by atoms with E-state index in [-0.39, 0.29) is 30.3 Å². The van der Waals surface area contributed by atoms with Gasteiger partial charge in [0.15, 0.2) is 0 Å². The molecular formula is C22H34N2O4. The molecule has 0 saturated heterocycles. The first-order chi connectivity index (χ1) is 13.2. The molecule has 2 atom stereocenters. The predicted octanol–water partition coefficient (Wildman–Crippen LogP) is 3.20. The minimum absolute atomic E-state index is 0.140. The zero-order valence-electron chi connectivity index (χ0n) is 17.7. The van der Waals surface area contributed by atoms with Gasteiger partial charge in [-0.1, -0.05) is 65.0 Å². The van der Waals surface area contributed by atoms with Gasteiger partial charge in [-0.2, -0.15) is 0 Å². The van der Waals surface area contributed by atoms with Crippen molar-refractivity contribution in [2.45, 2.75) is 72.6 Å². The van der Waals surface area contributed by atoms with Crippen LogP contribution in [0.1, 0.15) is 59.4 Å². The fourth-order valence-electron chi connectivity index (χ4n) is 2.77. The topological polar surface area (TPSA) is 84.5 Å². The van der Waals surface area contributed by atoms with Crippen molar-refractivity contribution in [3.8, 4) is 0 Å². The predicted molar refractivity (Wildman–Crippen MR) is 109 cm³/mol. The van der Waals surface area contributed by atoms with Crippen LogP contribution in [-0.2, 0) is 25.7 Å². The van der Waals surface area contributed by atoms with Gasteiger partial charge >= 0.3 is 5.97 Å². The number of carbonyl (C=O) groups excluding carboxylic acids is 3. The van der Waals surface area contributed by atoms with Gasteiger partial charge in [0, 0.05) is 6.42 Å². The molecule has 0 aliphatic rings. The molecule has 1 rings (SSSR count). The summed E-state index contributed by atoms with van der Waals surface area (Å²) in [5.74, 6) is -0.904. The van der Waals surface area contributed by atoms with Crippen molar-refractivity contribution < 1.29 is 19.1 Å². The third-order valence-corrected chi connectivity index (χ3v) is 4.28. The molecular weight excluding hydrogens is 356 g/mol. The van der Waals surface area contributed by atoms with Gasteiger partial charge in [0.1, 0.15) is 18.7 Å². The first-order valence-corrected chi connectivity index (χ1v) is 10.0. The lowest BCUT2D eigenvalue weighted by atomic mass is 10.00. The van der Waals surface area contributed by atoms with Crippen LogP contribution in [0.25, 0.3) is 0 Å². The Morgan fingerprint density at radius 3 is 2.18 bits per heavy atom. The van der Waals surface area contributed by atoms with Gasteiger partial charge in [0.05, 0.1) is 0 Å². The van der Waals surface area contributed by atoms with Crippen LogP contribution < -0.4 is 10.6 Å². The third kappa shape index (κ3) is 8.55. The highest BCUT2D eigenvalue weighted by atomic mass is 16.5. The van der Waals surface area contributed by atoms with Crippen LogP contribution in [0.3, 0.4) is 0 Å². The lowest BCUT2D eigenvalue weighted by Gasteiger charge is -2.25. The van der Waals surface area contributed by atoms with Crippen LogP contribution in [0, 0.1) is 11.8 Å². The van der Waals surface area contributed by atoms with Crippen LogP contribution in [0.15, 0.2) is 30.3 Å². The molecule has 0 saturated carbocycles. The molecule has 0 aliphatic heterocycles. The molecule has 0 unspecified atom stereocenters. The van der Waals surface area contributed by atoms with Crippen LogP contribution in [0.5, 0.6) is 0 Å². The smallest absolute Gasteiger partial charge is 0.329 e. The largest absolute Gasteiger partial charge is 0.459 e. The van der Waals surface area contributed by atoms with Crippen molar-refractivity contribution in [2.75, 3.05) is 0 Å². The summed E-state index contributed by atoms with van der Waals surface area (Å²) < 4.78 is 5.39. The molecule has 6 nitrogen and oxygen atoms in total. The van der Waals surface area contributed by atoms with Crippen molar-refractivity contribution in [3.63, 3.8) is 0 Å². The van der Waals surface area contributed by atoms with Crippen molar-refractivity contribution in [3.05, 3.63) is 35.9 Å². The van der Waals surface area contributed by atoms with Gasteiger partial charge < -0.3 is 15.4 Å². The van der Waals surface area contributed by atoms with E-state index in [0.29, 0.717) is 19.3 Å². The Balaban J connectivity index is 2.75. The second-order valence-electron chi connectivity index (χ2n) is 7.82. The Kier molecular flexibility index (Phi) is 10.3. The highest BCUT2D eigenvalue weighted by molar-refractivity contribution is 5.90. The van der Waals surface area contributed by atoms with Gasteiger partial charge in [-0.3, -0.25) is 9.59 Å². The summed E-state index contributed by atoms with van der Waals surface area (Å²) in [7, 11) is 0. The number of hydrogen-bond acceptors (Lipinski definition) is 4. The summed E-state index contributed by atoms with van der Waals surface area (Å²) >= 11 is 0. The molecule has 0 fully saturated rings. The van der Waals surface area contributed by atoms with E-state index in [1.54, 1.807) is 0 Å². The molecule has 0 aliphatic carbocycles. The summed E-state index contributed by atoms with van der Waals surface area (Å²) in [6.45, 7) is 9.74. The number of rotatable bonds is 11. The molecule has 1 aromatic carbocycles. The van der Waals surface area contributed by atoms with Crippen LogP contribution >= 0.6 is 0 Å². The van der Waals surface area contributed by atoms with E-state index in [4.69, 9.17) is 4.74 Å². The van der Waals surface area contributed by atoms with Gasteiger partial charge in [-0.05, 0) is 30.2 Å². The van der Waals surface area contributed by atoms with E-state index in [1.807, 2.05) is 65.0 Å². The molecule has 0 bridgehead atoms. The van der Waals surface area contributed by atoms with E-state index in [2.05, 4.69) is 10.6 Å². The maximum absolute atomic E-state index is 12.8. The van der Waals surface area contributed by atoms with Crippen molar-refractivity contribution in [1.29, 1.82) is 0 Å². The van der Waals surface area contributed by atoms with E-state index < -0.39 is 18.1 Å². The molecule has 0 heterocycles. The molecule has 0 radical (unpaired) electrons.